The van der Waals surface area contributed by atoms with Gasteiger partial charge in [-0.15, -0.1) is 0 Å². The molecule has 0 spiro atoms. The molecule has 1 fully saturated rings. The Hall–Kier alpha value is -3.42. The van der Waals surface area contributed by atoms with Crippen LogP contribution in [0.5, 0.6) is 0 Å². The second-order valence-electron chi connectivity index (χ2n) is 8.09. The Morgan fingerprint density at radius 2 is 1.76 bits per heavy atom. The highest BCUT2D eigenvalue weighted by molar-refractivity contribution is 6.33. The van der Waals surface area contributed by atoms with E-state index in [1.807, 2.05) is 49.4 Å². The third-order valence-corrected chi connectivity index (χ3v) is 6.08. The van der Waals surface area contributed by atoms with E-state index < -0.39 is 0 Å². The first-order chi connectivity index (χ1) is 16.1. The molecule has 1 amide bonds. The fourth-order valence-corrected chi connectivity index (χ4v) is 4.08. The summed E-state index contributed by atoms with van der Waals surface area (Å²) in [5.74, 6) is 1.94. The number of amides is 1. The predicted octanol–water partition coefficient (Wildman–Crippen LogP) is 4.92. The van der Waals surface area contributed by atoms with Gasteiger partial charge < -0.3 is 13.8 Å². The number of rotatable bonds is 5. The van der Waals surface area contributed by atoms with E-state index in [0.717, 1.165) is 11.1 Å². The summed E-state index contributed by atoms with van der Waals surface area (Å²) >= 11 is 6.24. The minimum atomic E-state index is -0.118. The highest BCUT2D eigenvalue weighted by atomic mass is 35.5. The van der Waals surface area contributed by atoms with Crippen molar-refractivity contribution in [2.75, 3.05) is 26.2 Å². The minimum absolute atomic E-state index is 0.118. The maximum absolute atomic E-state index is 12.9. The molecule has 8 heteroatoms. The molecule has 0 N–H and O–H groups in total. The van der Waals surface area contributed by atoms with E-state index >= 15 is 0 Å². The lowest BCUT2D eigenvalue weighted by atomic mass is 10.1. The van der Waals surface area contributed by atoms with Crippen LogP contribution in [0.25, 0.3) is 22.7 Å². The zero-order chi connectivity index (χ0) is 22.8. The zero-order valence-corrected chi connectivity index (χ0v) is 19.0. The van der Waals surface area contributed by atoms with Gasteiger partial charge in [0.2, 0.25) is 11.7 Å². The quantitative estimate of drug-likeness (QED) is 0.419. The summed E-state index contributed by atoms with van der Waals surface area (Å²) in [6.45, 7) is 5.22. The van der Waals surface area contributed by atoms with Crippen LogP contribution in [0.4, 0.5) is 0 Å². The van der Waals surface area contributed by atoms with Crippen molar-refractivity contribution in [3.63, 3.8) is 0 Å². The number of hydrogen-bond acceptors (Lipinski definition) is 6. The molecule has 0 saturated carbocycles. The topological polar surface area (TPSA) is 75.6 Å². The van der Waals surface area contributed by atoms with Gasteiger partial charge in [0, 0.05) is 37.3 Å². The van der Waals surface area contributed by atoms with E-state index in [9.17, 15) is 4.79 Å². The Bertz CT molecular complexity index is 1260. The van der Waals surface area contributed by atoms with Crippen LogP contribution >= 0.6 is 11.6 Å². The number of nitrogens with zero attached hydrogens (tertiary/aromatic N) is 4. The first-order valence-electron chi connectivity index (χ1n) is 10.8. The molecule has 1 aliphatic rings. The molecule has 33 heavy (non-hydrogen) atoms. The van der Waals surface area contributed by atoms with Crippen LogP contribution < -0.4 is 0 Å². The van der Waals surface area contributed by atoms with Gasteiger partial charge in [0.15, 0.2) is 5.76 Å². The molecule has 5 rings (SSSR count). The molecule has 0 aliphatic carbocycles. The summed E-state index contributed by atoms with van der Waals surface area (Å²) in [4.78, 5) is 21.4. The van der Waals surface area contributed by atoms with E-state index in [1.165, 1.54) is 5.56 Å². The van der Waals surface area contributed by atoms with Crippen molar-refractivity contribution in [2.45, 2.75) is 13.5 Å². The Morgan fingerprint density at radius 1 is 1.00 bits per heavy atom. The summed E-state index contributed by atoms with van der Waals surface area (Å²) in [6, 6.07) is 18.9. The second kappa shape index (κ2) is 9.21. The summed E-state index contributed by atoms with van der Waals surface area (Å²) in [7, 11) is 0. The first-order valence-corrected chi connectivity index (χ1v) is 11.2. The van der Waals surface area contributed by atoms with Gasteiger partial charge in [0.25, 0.3) is 5.91 Å². The normalized spacial score (nSPS) is 14.5. The van der Waals surface area contributed by atoms with Gasteiger partial charge in [-0.25, -0.2) is 0 Å². The SMILES string of the molecule is Cc1ccc(-c2noc(CN3CCN(C(=O)c4ccc(-c5ccccc5Cl)o4)CC3)n2)cc1. The van der Waals surface area contributed by atoms with Crippen LogP contribution in [0, 0.1) is 6.92 Å². The van der Waals surface area contributed by atoms with Crippen molar-refractivity contribution in [3.05, 3.63) is 82.9 Å². The third-order valence-electron chi connectivity index (χ3n) is 5.75. The number of carbonyl (C=O) groups is 1. The summed E-state index contributed by atoms with van der Waals surface area (Å²) in [5, 5.41) is 4.69. The number of furan rings is 1. The lowest BCUT2D eigenvalue weighted by molar-refractivity contribution is 0.0586. The molecule has 168 valence electrons. The molecule has 7 nitrogen and oxygen atoms in total. The molecule has 0 bridgehead atoms. The number of benzene rings is 2. The maximum atomic E-state index is 12.9. The van der Waals surface area contributed by atoms with E-state index in [4.69, 9.17) is 20.5 Å². The average molecular weight is 463 g/mol. The monoisotopic (exact) mass is 462 g/mol. The van der Waals surface area contributed by atoms with E-state index in [0.29, 0.717) is 61.0 Å². The van der Waals surface area contributed by atoms with Gasteiger partial charge in [-0.1, -0.05) is 58.7 Å². The van der Waals surface area contributed by atoms with Crippen molar-refractivity contribution in [1.29, 1.82) is 0 Å². The predicted molar refractivity (Wildman–Crippen MR) is 125 cm³/mol. The molecule has 0 unspecified atom stereocenters. The highest BCUT2D eigenvalue weighted by Crippen LogP contribution is 2.29. The number of aromatic nitrogens is 2. The van der Waals surface area contributed by atoms with Crippen molar-refractivity contribution < 1.29 is 13.7 Å². The fraction of sp³-hybridized carbons (Fsp3) is 0.240. The lowest BCUT2D eigenvalue weighted by Crippen LogP contribution is -2.48. The summed E-state index contributed by atoms with van der Waals surface area (Å²) in [6.07, 6.45) is 0. The van der Waals surface area contributed by atoms with Gasteiger partial charge in [0.05, 0.1) is 11.6 Å². The van der Waals surface area contributed by atoms with Crippen LogP contribution in [-0.4, -0.2) is 52.0 Å². The molecular weight excluding hydrogens is 440 g/mol. The summed E-state index contributed by atoms with van der Waals surface area (Å²) in [5.41, 5.74) is 2.89. The Labute approximate surface area is 196 Å². The van der Waals surface area contributed by atoms with Crippen LogP contribution in [0.2, 0.25) is 5.02 Å². The number of carbonyl (C=O) groups excluding carboxylic acids is 1. The highest BCUT2D eigenvalue weighted by Gasteiger charge is 2.25. The van der Waals surface area contributed by atoms with Crippen LogP contribution in [0.3, 0.4) is 0 Å². The smallest absolute Gasteiger partial charge is 0.289 e. The van der Waals surface area contributed by atoms with Crippen LogP contribution in [0.15, 0.2) is 69.6 Å². The largest absolute Gasteiger partial charge is 0.451 e. The molecule has 3 heterocycles. The summed E-state index contributed by atoms with van der Waals surface area (Å²) < 4.78 is 11.3. The van der Waals surface area contributed by atoms with E-state index in [-0.39, 0.29) is 5.91 Å². The van der Waals surface area contributed by atoms with Crippen LogP contribution in [-0.2, 0) is 6.54 Å². The number of halogens is 1. The van der Waals surface area contributed by atoms with Crippen molar-refractivity contribution >= 4 is 17.5 Å². The molecule has 1 saturated heterocycles. The molecule has 1 aliphatic heterocycles. The van der Waals surface area contributed by atoms with Gasteiger partial charge in [-0.05, 0) is 31.2 Å². The molecule has 4 aromatic rings. The molecule has 0 atom stereocenters. The van der Waals surface area contributed by atoms with E-state index in [2.05, 4.69) is 15.0 Å². The average Bonchev–Trinajstić information content (AvgIpc) is 3.50. The Morgan fingerprint density at radius 3 is 2.52 bits per heavy atom. The van der Waals surface area contributed by atoms with Gasteiger partial charge in [-0.2, -0.15) is 4.98 Å². The van der Waals surface area contributed by atoms with E-state index in [1.54, 1.807) is 23.1 Å². The van der Waals surface area contributed by atoms with Crippen LogP contribution in [0.1, 0.15) is 22.0 Å². The van der Waals surface area contributed by atoms with Crippen molar-refractivity contribution in [3.8, 4) is 22.7 Å². The molecule has 0 radical (unpaired) electrons. The van der Waals surface area contributed by atoms with Gasteiger partial charge in [-0.3, -0.25) is 9.69 Å². The third kappa shape index (κ3) is 4.69. The number of aryl methyl sites for hydroxylation is 1. The second-order valence-corrected chi connectivity index (χ2v) is 8.50. The zero-order valence-electron chi connectivity index (χ0n) is 18.2. The minimum Gasteiger partial charge on any atom is -0.451 e. The van der Waals surface area contributed by atoms with Gasteiger partial charge >= 0.3 is 0 Å². The molecular formula is C25H23ClN4O3. The first kappa shape index (κ1) is 21.4. The lowest BCUT2D eigenvalue weighted by Gasteiger charge is -2.33. The standard InChI is InChI=1S/C25H23ClN4O3/c1-17-6-8-18(9-7-17)24-27-23(33-28-24)16-29-12-14-30(15-13-29)25(31)22-11-10-21(32-22)19-4-2-3-5-20(19)26/h2-11H,12-16H2,1H3. The number of piperazine rings is 1. The number of hydrogen-bond donors (Lipinski definition) is 0. The van der Waals surface area contributed by atoms with Crippen molar-refractivity contribution in [2.24, 2.45) is 0 Å². The molecule has 2 aromatic heterocycles. The Balaban J connectivity index is 1.17. The fourth-order valence-electron chi connectivity index (χ4n) is 3.85. The molecule has 2 aromatic carbocycles. The van der Waals surface area contributed by atoms with Gasteiger partial charge in [0.1, 0.15) is 5.76 Å². The Kier molecular flexibility index (Phi) is 5.98. The maximum Gasteiger partial charge on any atom is 0.289 e. The van der Waals surface area contributed by atoms with Crippen molar-refractivity contribution in [1.82, 2.24) is 19.9 Å².